The number of fused-ring (bicyclic) bond motifs is 1. The summed E-state index contributed by atoms with van der Waals surface area (Å²) in [5.41, 5.74) is 5.77. The van der Waals surface area contributed by atoms with E-state index in [0.717, 1.165) is 31.3 Å². The molecule has 1 saturated carbocycles. The molecule has 0 bridgehead atoms. The lowest BCUT2D eigenvalue weighted by molar-refractivity contribution is -0.109. The third kappa shape index (κ3) is 6.63. The lowest BCUT2D eigenvalue weighted by atomic mass is 9.93. The fraction of sp³-hybridized carbons (Fsp3) is 0.303. The van der Waals surface area contributed by atoms with Gasteiger partial charge < -0.3 is 15.4 Å². The molecule has 4 N–H and O–H groups in total. The summed E-state index contributed by atoms with van der Waals surface area (Å²) in [6.45, 7) is 4.02. The number of hydrogen-bond acceptors (Lipinski definition) is 5. The molecular weight excluding hydrogens is 558 g/mol. The topological polar surface area (TPSA) is 84.1 Å². The van der Waals surface area contributed by atoms with Gasteiger partial charge in [-0.1, -0.05) is 24.6 Å². The summed E-state index contributed by atoms with van der Waals surface area (Å²) in [5, 5.41) is 13.2. The number of allylic oxidation sites excluding steroid dienone is 3. The normalized spacial score (nSPS) is 14.9. The molecule has 2 heterocycles. The number of anilines is 2. The molecule has 1 fully saturated rings. The Balaban J connectivity index is 1.47. The molecule has 2 aromatic carbocycles. The molecule has 5 rings (SSSR count). The van der Waals surface area contributed by atoms with Crippen LogP contribution in [0.25, 0.3) is 0 Å². The van der Waals surface area contributed by atoms with Gasteiger partial charge in [0.2, 0.25) is 5.71 Å². The highest BCUT2D eigenvalue weighted by molar-refractivity contribution is 6.47. The number of ether oxygens (including phenoxy) is 1. The fourth-order valence-corrected chi connectivity index (χ4v) is 5.54. The van der Waals surface area contributed by atoms with E-state index < -0.39 is 18.1 Å². The number of nitrogens with one attached hydrogen (secondary N) is 2. The number of aliphatic imine (C=N–C) groups is 1. The van der Waals surface area contributed by atoms with Gasteiger partial charge in [0.15, 0.2) is 0 Å². The van der Waals surface area contributed by atoms with Gasteiger partial charge in [-0.05, 0) is 68.0 Å². The zero-order valence-corrected chi connectivity index (χ0v) is 24.1. The lowest BCUT2D eigenvalue weighted by Gasteiger charge is -2.14. The van der Waals surface area contributed by atoms with Crippen molar-refractivity contribution in [2.24, 2.45) is 4.99 Å². The minimum Gasteiger partial charge on any atom is -0.494 e. The summed E-state index contributed by atoms with van der Waals surface area (Å²) < 4.78 is 61.4. The summed E-state index contributed by atoms with van der Waals surface area (Å²) in [7, 11) is 0. The molecular formula is C33H34F4N5O+. The number of benzene rings is 2. The molecule has 2 aliphatic rings. The van der Waals surface area contributed by atoms with Gasteiger partial charge in [-0.2, -0.15) is 0 Å². The van der Waals surface area contributed by atoms with Crippen LogP contribution >= 0.6 is 0 Å². The van der Waals surface area contributed by atoms with Crippen molar-refractivity contribution in [3.8, 4) is 5.75 Å². The first-order valence-electron chi connectivity index (χ1n) is 14.4. The van der Waals surface area contributed by atoms with Gasteiger partial charge in [0.05, 0.1) is 12.2 Å². The Kier molecular flexibility index (Phi) is 9.23. The fourth-order valence-electron chi connectivity index (χ4n) is 5.54. The van der Waals surface area contributed by atoms with E-state index in [1.54, 1.807) is 19.1 Å². The molecule has 43 heavy (non-hydrogen) atoms. The minimum absolute atomic E-state index is 0.115. The average molecular weight is 593 g/mol. The van der Waals surface area contributed by atoms with Crippen molar-refractivity contribution in [3.63, 3.8) is 0 Å². The summed E-state index contributed by atoms with van der Waals surface area (Å²) in [6.07, 6.45) is 2.66. The number of aromatic nitrogens is 1. The van der Waals surface area contributed by atoms with Crippen LogP contribution in [-0.2, 0) is 6.54 Å². The first-order chi connectivity index (χ1) is 20.8. The Labute approximate surface area is 248 Å². The number of para-hydroxylation sites is 1. The molecule has 1 aromatic heterocycles. The van der Waals surface area contributed by atoms with E-state index in [2.05, 4.69) is 22.5 Å². The predicted molar refractivity (Wildman–Crippen MR) is 160 cm³/mol. The Morgan fingerprint density at radius 3 is 2.49 bits per heavy atom. The predicted octanol–water partition coefficient (Wildman–Crippen LogP) is 6.92. The molecule has 0 saturated heterocycles. The monoisotopic (exact) mass is 592 g/mol. The maximum atomic E-state index is 14.7. The van der Waals surface area contributed by atoms with Crippen molar-refractivity contribution in [2.75, 3.05) is 17.2 Å². The third-order valence-electron chi connectivity index (χ3n) is 7.66. The Bertz CT molecular complexity index is 1610. The van der Waals surface area contributed by atoms with Crippen molar-refractivity contribution < 1.29 is 27.7 Å². The number of nitrogens with zero attached hydrogens (tertiary/aromatic N) is 2. The number of halogens is 4. The smallest absolute Gasteiger partial charge is 0.280 e. The number of alkyl halides is 2. The Hall–Kier alpha value is -4.47. The molecule has 0 atom stereocenters. The van der Waals surface area contributed by atoms with Crippen LogP contribution in [0.5, 0.6) is 5.75 Å². The van der Waals surface area contributed by atoms with Gasteiger partial charge in [-0.3, -0.25) is 10.4 Å². The summed E-state index contributed by atoms with van der Waals surface area (Å²) in [6, 6.07) is 12.5. The van der Waals surface area contributed by atoms with Crippen molar-refractivity contribution >= 4 is 22.8 Å². The highest BCUT2D eigenvalue weighted by Crippen LogP contribution is 2.40. The molecule has 1 aliphatic carbocycles. The zero-order valence-electron chi connectivity index (χ0n) is 24.1. The van der Waals surface area contributed by atoms with Crippen LogP contribution in [-0.4, -0.2) is 23.0 Å². The second-order valence-corrected chi connectivity index (χ2v) is 10.4. The zero-order chi connectivity index (χ0) is 30.5. The average Bonchev–Trinajstić information content (AvgIpc) is 3.43. The van der Waals surface area contributed by atoms with Crippen molar-refractivity contribution in [2.45, 2.75) is 58.9 Å². The van der Waals surface area contributed by atoms with Crippen molar-refractivity contribution in [1.82, 2.24) is 4.98 Å². The minimum atomic E-state index is -2.70. The van der Waals surface area contributed by atoms with Crippen LogP contribution in [0.15, 0.2) is 82.3 Å². The number of pyridine rings is 1. The van der Waals surface area contributed by atoms with Gasteiger partial charge in [0.1, 0.15) is 34.6 Å². The van der Waals surface area contributed by atoms with Gasteiger partial charge in [0.25, 0.3) is 6.43 Å². The number of rotatable bonds is 11. The van der Waals surface area contributed by atoms with E-state index in [9.17, 15) is 17.6 Å². The highest BCUT2D eigenvalue weighted by atomic mass is 19.3. The standard InChI is InChI=1S/C33H33F4N5O/c1-3-19-14-29(42-33(23-10-7-9-22(19)23)41-20-12-13-39-30(15-20)32(36)37)31(38)24-8-5-6-11-28(24)40-18-25-26(34)16-21(43-4-2)17-27(25)35/h5-6,8,11-13,15-17,32,38,40H,3-4,7,9-10,14,18H2,1-2H3,(H,39,41)/p+1. The number of nitrogens with two attached hydrogens (primary N) is 1. The van der Waals surface area contributed by atoms with E-state index in [-0.39, 0.29) is 23.6 Å². The molecule has 10 heteroatoms. The van der Waals surface area contributed by atoms with Crippen LogP contribution in [0.2, 0.25) is 0 Å². The van der Waals surface area contributed by atoms with E-state index in [1.165, 1.54) is 35.5 Å². The largest absolute Gasteiger partial charge is 0.494 e. The van der Waals surface area contributed by atoms with E-state index in [0.29, 0.717) is 47.2 Å². The number of hydrogen-bond donors (Lipinski definition) is 3. The first kappa shape index (κ1) is 30.0. The quantitative estimate of drug-likeness (QED) is 0.167. The van der Waals surface area contributed by atoms with E-state index in [1.807, 2.05) is 18.2 Å². The lowest BCUT2D eigenvalue weighted by Crippen LogP contribution is -2.46. The molecule has 224 valence electrons. The van der Waals surface area contributed by atoms with Crippen LogP contribution in [0.3, 0.4) is 0 Å². The molecule has 3 aromatic rings. The summed E-state index contributed by atoms with van der Waals surface area (Å²) >= 11 is 0. The molecule has 0 unspecified atom stereocenters. The summed E-state index contributed by atoms with van der Waals surface area (Å²) in [5.74, 6) is -0.716. The summed E-state index contributed by atoms with van der Waals surface area (Å²) in [4.78, 5) is 8.75. The molecule has 0 amide bonds. The van der Waals surface area contributed by atoms with Gasteiger partial charge in [-0.25, -0.2) is 22.6 Å². The molecule has 0 spiro atoms. The Morgan fingerprint density at radius 2 is 1.77 bits per heavy atom. The van der Waals surface area contributed by atoms with Crippen LogP contribution in [0, 0.1) is 11.6 Å². The molecule has 0 radical (unpaired) electrons. The Morgan fingerprint density at radius 1 is 1.02 bits per heavy atom. The van der Waals surface area contributed by atoms with Crippen molar-refractivity contribution in [3.05, 3.63) is 106 Å². The second kappa shape index (κ2) is 13.2. The van der Waals surface area contributed by atoms with Crippen LogP contribution in [0.1, 0.15) is 69.2 Å². The van der Waals surface area contributed by atoms with E-state index >= 15 is 0 Å². The van der Waals surface area contributed by atoms with Crippen molar-refractivity contribution in [1.29, 1.82) is 0 Å². The highest BCUT2D eigenvalue weighted by Gasteiger charge is 2.29. The third-order valence-corrected chi connectivity index (χ3v) is 7.66. The SMILES string of the molecule is CCOc1cc(F)c(CNc2ccccc2C(=[NH2+])C2=NC(Nc3ccnc(C(F)F)c3)=C3CCCC3=C(CC)C2)c(F)c1. The van der Waals surface area contributed by atoms with Gasteiger partial charge in [0, 0.05) is 48.2 Å². The van der Waals surface area contributed by atoms with Gasteiger partial charge in [-0.15, -0.1) is 0 Å². The maximum absolute atomic E-state index is 14.7. The van der Waals surface area contributed by atoms with Crippen LogP contribution < -0.4 is 20.8 Å². The maximum Gasteiger partial charge on any atom is 0.280 e. The molecule has 1 aliphatic heterocycles. The first-order valence-corrected chi connectivity index (χ1v) is 14.4. The second-order valence-electron chi connectivity index (χ2n) is 10.4. The van der Waals surface area contributed by atoms with E-state index in [4.69, 9.17) is 15.1 Å². The molecule has 6 nitrogen and oxygen atoms in total. The van der Waals surface area contributed by atoms with Gasteiger partial charge >= 0.3 is 0 Å². The van der Waals surface area contributed by atoms with Crippen LogP contribution in [0.4, 0.5) is 28.9 Å².